The number of hydrogen-bond donors (Lipinski definition) is 3. The Kier molecular flexibility index (Phi) is 4.66. The molecule has 0 aliphatic rings. The van der Waals surface area contributed by atoms with Gasteiger partial charge in [-0.3, -0.25) is 5.43 Å². The van der Waals surface area contributed by atoms with Crippen molar-refractivity contribution in [2.75, 3.05) is 17.3 Å². The van der Waals surface area contributed by atoms with E-state index in [0.717, 1.165) is 12.2 Å². The van der Waals surface area contributed by atoms with Crippen LogP contribution in [-0.2, 0) is 13.0 Å². The maximum atomic E-state index is 5.47. The van der Waals surface area contributed by atoms with E-state index in [-0.39, 0.29) is 12.0 Å². The van der Waals surface area contributed by atoms with E-state index in [0.29, 0.717) is 25.0 Å². The zero-order valence-electron chi connectivity index (χ0n) is 11.4. The molecule has 108 valence electrons. The van der Waals surface area contributed by atoms with Crippen molar-refractivity contribution < 1.29 is 9.15 Å². The van der Waals surface area contributed by atoms with Crippen LogP contribution < -0.4 is 21.3 Å². The lowest BCUT2D eigenvalue weighted by Crippen LogP contribution is -2.14. The largest absolute Gasteiger partial charge is 0.464 e. The van der Waals surface area contributed by atoms with Crippen LogP contribution in [-0.4, -0.2) is 26.5 Å². The van der Waals surface area contributed by atoms with Crippen LogP contribution in [0.4, 0.5) is 11.9 Å². The molecule has 2 aromatic rings. The zero-order chi connectivity index (χ0) is 14.4. The molecule has 0 saturated heterocycles. The molecule has 0 saturated carbocycles. The molecule has 0 aromatic carbocycles. The lowest BCUT2D eigenvalue weighted by Gasteiger charge is -2.07. The predicted octanol–water partition coefficient (Wildman–Crippen LogP) is 0.718. The maximum Gasteiger partial charge on any atom is 0.323 e. The summed E-state index contributed by atoms with van der Waals surface area (Å²) in [6, 6.07) is 0.194. The molecule has 0 fully saturated rings. The zero-order valence-corrected chi connectivity index (χ0v) is 11.4. The van der Waals surface area contributed by atoms with Crippen molar-refractivity contribution in [2.24, 2.45) is 5.84 Å². The normalized spacial score (nSPS) is 10.3. The molecule has 0 atom stereocenters. The van der Waals surface area contributed by atoms with Crippen LogP contribution in [0.2, 0.25) is 0 Å². The van der Waals surface area contributed by atoms with Crippen LogP contribution in [0.5, 0.6) is 6.01 Å². The maximum absolute atomic E-state index is 5.47. The van der Waals surface area contributed by atoms with Crippen LogP contribution in [0, 0.1) is 0 Å². The third kappa shape index (κ3) is 3.54. The molecule has 0 spiro atoms. The molecule has 0 bridgehead atoms. The molecule has 0 aliphatic carbocycles. The lowest BCUT2D eigenvalue weighted by molar-refractivity contribution is 0.312. The number of nitrogens with zero attached hydrogens (tertiary/aromatic N) is 4. The van der Waals surface area contributed by atoms with Gasteiger partial charge in [0, 0.05) is 6.42 Å². The Morgan fingerprint density at radius 1 is 1.25 bits per heavy atom. The highest BCUT2D eigenvalue weighted by molar-refractivity contribution is 5.34. The summed E-state index contributed by atoms with van der Waals surface area (Å²) in [4.78, 5) is 16.2. The number of ether oxygens (including phenoxy) is 1. The number of oxazole rings is 1. The molecule has 2 aromatic heterocycles. The smallest absolute Gasteiger partial charge is 0.323 e. The van der Waals surface area contributed by atoms with Crippen LogP contribution in [0.25, 0.3) is 0 Å². The van der Waals surface area contributed by atoms with Crippen LogP contribution in [0.15, 0.2) is 10.6 Å². The second-order valence-corrected chi connectivity index (χ2v) is 3.77. The highest BCUT2D eigenvalue weighted by Gasteiger charge is 2.08. The van der Waals surface area contributed by atoms with Gasteiger partial charge >= 0.3 is 6.01 Å². The Morgan fingerprint density at radius 2 is 2.05 bits per heavy atom. The Balaban J connectivity index is 2.05. The highest BCUT2D eigenvalue weighted by atomic mass is 16.5. The van der Waals surface area contributed by atoms with Gasteiger partial charge in [-0.15, -0.1) is 0 Å². The molecule has 9 nitrogen and oxygen atoms in total. The number of rotatable bonds is 7. The number of aromatic nitrogens is 4. The standard InChI is InChI=1S/C11H17N7O2/c1-3-7-5-13-8(20-7)6-14-9-15-10(18-12)17-11(16-9)19-4-2/h5H,3-4,6,12H2,1-2H3,(H2,14,15,16,17,18). The molecule has 2 rings (SSSR count). The van der Waals surface area contributed by atoms with Crippen molar-refractivity contribution in [1.82, 2.24) is 19.9 Å². The summed E-state index contributed by atoms with van der Waals surface area (Å²) in [6.45, 7) is 4.65. The number of aryl methyl sites for hydroxylation is 1. The van der Waals surface area contributed by atoms with Crippen molar-refractivity contribution in [3.63, 3.8) is 0 Å². The fourth-order valence-corrected chi connectivity index (χ4v) is 1.44. The van der Waals surface area contributed by atoms with E-state index in [9.17, 15) is 0 Å². The summed E-state index contributed by atoms with van der Waals surface area (Å²) < 4.78 is 10.7. The van der Waals surface area contributed by atoms with Gasteiger partial charge in [0.05, 0.1) is 19.3 Å². The van der Waals surface area contributed by atoms with E-state index in [1.807, 2.05) is 13.8 Å². The molecule has 0 amide bonds. The summed E-state index contributed by atoms with van der Waals surface area (Å²) in [6.07, 6.45) is 2.50. The van der Waals surface area contributed by atoms with Crippen LogP contribution in [0.3, 0.4) is 0 Å². The first-order chi connectivity index (χ1) is 9.75. The first-order valence-electron chi connectivity index (χ1n) is 6.28. The van der Waals surface area contributed by atoms with Gasteiger partial charge in [0.1, 0.15) is 5.76 Å². The van der Waals surface area contributed by atoms with Crippen LogP contribution in [0.1, 0.15) is 25.5 Å². The fourth-order valence-electron chi connectivity index (χ4n) is 1.44. The molecule has 0 unspecified atom stereocenters. The molecule has 2 heterocycles. The fraction of sp³-hybridized carbons (Fsp3) is 0.455. The third-order valence-corrected chi connectivity index (χ3v) is 2.37. The molecule has 0 aliphatic heterocycles. The monoisotopic (exact) mass is 279 g/mol. The van der Waals surface area contributed by atoms with E-state index in [4.69, 9.17) is 15.0 Å². The molecular formula is C11H17N7O2. The van der Waals surface area contributed by atoms with E-state index in [1.165, 1.54) is 0 Å². The Bertz CT molecular complexity index is 557. The Labute approximate surface area is 116 Å². The second kappa shape index (κ2) is 6.66. The van der Waals surface area contributed by atoms with Gasteiger partial charge in [-0.1, -0.05) is 6.92 Å². The lowest BCUT2D eigenvalue weighted by atomic mass is 10.4. The summed E-state index contributed by atoms with van der Waals surface area (Å²) in [7, 11) is 0. The van der Waals surface area contributed by atoms with Gasteiger partial charge in [0.15, 0.2) is 0 Å². The quantitative estimate of drug-likeness (QED) is 0.496. The number of nitrogens with two attached hydrogens (primary N) is 1. The summed E-state index contributed by atoms with van der Waals surface area (Å²) in [5.41, 5.74) is 2.36. The molecular weight excluding hydrogens is 262 g/mol. The molecule has 20 heavy (non-hydrogen) atoms. The van der Waals surface area contributed by atoms with Crippen molar-refractivity contribution in [1.29, 1.82) is 0 Å². The van der Waals surface area contributed by atoms with Gasteiger partial charge < -0.3 is 14.5 Å². The van der Waals surface area contributed by atoms with Crippen LogP contribution >= 0.6 is 0 Å². The molecule has 9 heteroatoms. The summed E-state index contributed by atoms with van der Waals surface area (Å²) in [5, 5.41) is 2.98. The van der Waals surface area contributed by atoms with Crippen molar-refractivity contribution in [2.45, 2.75) is 26.8 Å². The van der Waals surface area contributed by atoms with E-state index < -0.39 is 0 Å². The third-order valence-electron chi connectivity index (χ3n) is 2.37. The topological polar surface area (TPSA) is 124 Å². The minimum Gasteiger partial charge on any atom is -0.464 e. The van der Waals surface area contributed by atoms with E-state index >= 15 is 0 Å². The number of nitrogens with one attached hydrogen (secondary N) is 2. The first kappa shape index (κ1) is 14.0. The Morgan fingerprint density at radius 3 is 2.70 bits per heavy atom. The molecule has 0 radical (unpaired) electrons. The minimum atomic E-state index is 0.194. The number of anilines is 2. The van der Waals surface area contributed by atoms with Crippen molar-refractivity contribution >= 4 is 11.9 Å². The Hall–Kier alpha value is -2.42. The number of hydrazine groups is 1. The average Bonchev–Trinajstić information content (AvgIpc) is 2.93. The minimum absolute atomic E-state index is 0.194. The summed E-state index contributed by atoms with van der Waals surface area (Å²) in [5.74, 6) is 7.23. The van der Waals surface area contributed by atoms with Crippen molar-refractivity contribution in [3.05, 3.63) is 17.8 Å². The van der Waals surface area contributed by atoms with Gasteiger partial charge in [0.25, 0.3) is 0 Å². The predicted molar refractivity (Wildman–Crippen MR) is 72.0 cm³/mol. The number of hydrogen-bond acceptors (Lipinski definition) is 9. The van der Waals surface area contributed by atoms with E-state index in [1.54, 1.807) is 6.20 Å². The highest BCUT2D eigenvalue weighted by Crippen LogP contribution is 2.12. The van der Waals surface area contributed by atoms with Gasteiger partial charge in [-0.25, -0.2) is 10.8 Å². The number of nitrogen functional groups attached to an aromatic ring is 1. The average molecular weight is 279 g/mol. The van der Waals surface area contributed by atoms with E-state index in [2.05, 4.69) is 30.7 Å². The summed E-state index contributed by atoms with van der Waals surface area (Å²) >= 11 is 0. The SMILES string of the molecule is CCOc1nc(NN)nc(NCc2ncc(CC)o2)n1. The first-order valence-corrected chi connectivity index (χ1v) is 6.28. The molecule has 4 N–H and O–H groups in total. The van der Waals surface area contributed by atoms with Gasteiger partial charge in [-0.05, 0) is 6.92 Å². The van der Waals surface area contributed by atoms with Gasteiger partial charge in [0.2, 0.25) is 17.8 Å². The van der Waals surface area contributed by atoms with Gasteiger partial charge in [-0.2, -0.15) is 15.0 Å². The second-order valence-electron chi connectivity index (χ2n) is 3.77. The van der Waals surface area contributed by atoms with Crippen molar-refractivity contribution in [3.8, 4) is 6.01 Å².